The van der Waals surface area contributed by atoms with E-state index in [-0.39, 0.29) is 22.5 Å². The number of methoxy groups -OCH3 is 1. The largest absolute Gasteiger partial charge is 0.494 e. The van der Waals surface area contributed by atoms with Gasteiger partial charge in [0, 0.05) is 5.56 Å². The van der Waals surface area contributed by atoms with Crippen LogP contribution in [0.5, 0.6) is 5.75 Å². The van der Waals surface area contributed by atoms with Gasteiger partial charge in [0.1, 0.15) is 11.4 Å². The molecule has 0 aliphatic rings. The number of thioether (sulfide) groups is 1. The Hall–Kier alpha value is -3.41. The van der Waals surface area contributed by atoms with E-state index >= 15 is 0 Å². The number of nitrogens with zero attached hydrogens (tertiary/aromatic N) is 6. The maximum atomic E-state index is 13.0. The molecule has 0 fully saturated rings. The molecule has 1 atom stereocenters. The molecule has 0 saturated heterocycles. The number of ether oxygens (including phenoxy) is 1. The predicted octanol–water partition coefficient (Wildman–Crippen LogP) is 4.59. The van der Waals surface area contributed by atoms with Gasteiger partial charge in [0.05, 0.1) is 17.9 Å². The van der Waals surface area contributed by atoms with Gasteiger partial charge in [0.15, 0.2) is 0 Å². The topological polar surface area (TPSA) is 91.8 Å². The van der Waals surface area contributed by atoms with E-state index in [1.807, 2.05) is 18.2 Å². The highest BCUT2D eigenvalue weighted by molar-refractivity contribution is 7.99. The van der Waals surface area contributed by atoms with Crippen molar-refractivity contribution in [3.05, 3.63) is 60.0 Å². The zero-order chi connectivity index (χ0) is 22.0. The second kappa shape index (κ2) is 8.38. The lowest BCUT2D eigenvalue weighted by Crippen LogP contribution is -2.04. The van der Waals surface area contributed by atoms with E-state index in [0.717, 1.165) is 12.1 Å². The first kappa shape index (κ1) is 20.8. The van der Waals surface area contributed by atoms with Crippen LogP contribution in [0, 0.1) is 0 Å². The molecule has 0 saturated carbocycles. The Morgan fingerprint density at radius 3 is 2.71 bits per heavy atom. The van der Waals surface area contributed by atoms with E-state index in [0.29, 0.717) is 16.6 Å². The average Bonchev–Trinajstić information content (AvgIpc) is 3.43. The lowest BCUT2D eigenvalue weighted by atomic mass is 10.1. The minimum absolute atomic E-state index is 0.0675. The van der Waals surface area contributed by atoms with Crippen LogP contribution in [0.3, 0.4) is 0 Å². The van der Waals surface area contributed by atoms with Crippen molar-refractivity contribution in [1.29, 1.82) is 0 Å². The van der Waals surface area contributed by atoms with Crippen LogP contribution < -0.4 is 4.74 Å². The molecular weight excluding hydrogens is 433 g/mol. The van der Waals surface area contributed by atoms with Crippen LogP contribution in [0.1, 0.15) is 23.6 Å². The fraction of sp³-hybridized carbons (Fsp3) is 0.211. The molecule has 160 valence electrons. The Bertz CT molecular complexity index is 1190. The molecule has 2 aromatic carbocycles. The van der Waals surface area contributed by atoms with Gasteiger partial charge >= 0.3 is 6.18 Å². The lowest BCUT2D eigenvalue weighted by Gasteiger charge is -2.10. The Kier molecular flexibility index (Phi) is 5.63. The molecule has 31 heavy (non-hydrogen) atoms. The Morgan fingerprint density at radius 1 is 1.13 bits per heavy atom. The summed E-state index contributed by atoms with van der Waals surface area (Å²) in [5.74, 6) is 0.888. The quantitative estimate of drug-likeness (QED) is 0.396. The molecule has 2 heterocycles. The molecule has 8 nitrogen and oxygen atoms in total. The molecule has 12 heteroatoms. The van der Waals surface area contributed by atoms with E-state index in [9.17, 15) is 13.2 Å². The van der Waals surface area contributed by atoms with E-state index < -0.39 is 11.7 Å². The monoisotopic (exact) mass is 448 g/mol. The summed E-state index contributed by atoms with van der Waals surface area (Å²) in [6.07, 6.45) is -4.46. The summed E-state index contributed by atoms with van der Waals surface area (Å²) in [5.41, 5.74) is 0.0792. The van der Waals surface area contributed by atoms with Crippen LogP contribution in [0.15, 0.2) is 58.2 Å². The van der Waals surface area contributed by atoms with Gasteiger partial charge in [0.25, 0.3) is 0 Å². The molecule has 0 spiro atoms. The molecule has 0 aliphatic carbocycles. The minimum atomic E-state index is -4.46. The minimum Gasteiger partial charge on any atom is -0.494 e. The van der Waals surface area contributed by atoms with E-state index in [2.05, 4.69) is 25.7 Å². The summed E-state index contributed by atoms with van der Waals surface area (Å²) in [4.78, 5) is 4.25. The molecule has 0 bridgehead atoms. The number of hydrogen-bond acceptors (Lipinski definition) is 8. The van der Waals surface area contributed by atoms with Crippen LogP contribution in [0.25, 0.3) is 17.1 Å². The summed E-state index contributed by atoms with van der Waals surface area (Å²) >= 11 is 1.25. The van der Waals surface area contributed by atoms with Crippen molar-refractivity contribution >= 4 is 11.8 Å². The van der Waals surface area contributed by atoms with Gasteiger partial charge in [-0.1, -0.05) is 41.2 Å². The van der Waals surface area contributed by atoms with Gasteiger partial charge in [-0.2, -0.15) is 22.8 Å². The first-order valence-electron chi connectivity index (χ1n) is 8.96. The molecule has 0 aliphatic heterocycles. The van der Waals surface area contributed by atoms with Crippen molar-refractivity contribution in [1.82, 2.24) is 30.3 Å². The van der Waals surface area contributed by atoms with Crippen LogP contribution in [-0.2, 0) is 6.18 Å². The second-order valence-electron chi connectivity index (χ2n) is 6.34. The molecule has 4 aromatic rings. The van der Waals surface area contributed by atoms with Gasteiger partial charge in [-0.05, 0) is 41.6 Å². The third-order valence-electron chi connectivity index (χ3n) is 4.27. The van der Waals surface area contributed by atoms with Crippen molar-refractivity contribution in [2.75, 3.05) is 7.11 Å². The zero-order valence-corrected chi connectivity index (χ0v) is 17.1. The van der Waals surface area contributed by atoms with Crippen molar-refractivity contribution in [3.63, 3.8) is 0 Å². The smallest absolute Gasteiger partial charge is 0.416 e. The SMILES string of the molecule is COc1ccccc1-n1nnnc1SC(C)c1nc(-c2cccc(C(F)(F)F)c2)no1. The standard InChI is InChI=1S/C19H15F3N6O2S/c1-11(31-18-24-26-27-28(18)14-8-3-4-9-15(14)29-2)17-23-16(25-30-17)12-6-5-7-13(10-12)19(20,21)22/h3-11H,1-2H3. The number of hydrogen-bond donors (Lipinski definition) is 0. The number of rotatable bonds is 6. The molecule has 0 amide bonds. The predicted molar refractivity (Wildman–Crippen MR) is 105 cm³/mol. The fourth-order valence-corrected chi connectivity index (χ4v) is 3.60. The molecule has 0 radical (unpaired) electrons. The van der Waals surface area contributed by atoms with E-state index in [1.165, 1.54) is 28.6 Å². The third kappa shape index (κ3) is 4.38. The van der Waals surface area contributed by atoms with Crippen LogP contribution in [0.2, 0.25) is 0 Å². The number of halogens is 3. The summed E-state index contributed by atoms with van der Waals surface area (Å²) in [6.45, 7) is 1.80. The third-order valence-corrected chi connectivity index (χ3v) is 5.29. The number of alkyl halides is 3. The molecule has 4 rings (SSSR count). The molecule has 0 N–H and O–H groups in total. The number of tetrazole rings is 1. The van der Waals surface area contributed by atoms with Crippen molar-refractivity contribution in [2.24, 2.45) is 0 Å². The summed E-state index contributed by atoms with van der Waals surface area (Å²) in [6, 6.07) is 12.0. The van der Waals surface area contributed by atoms with E-state index in [4.69, 9.17) is 9.26 Å². The normalized spacial score (nSPS) is 12.7. The van der Waals surface area contributed by atoms with Crippen LogP contribution in [-0.4, -0.2) is 37.5 Å². The molecule has 1 unspecified atom stereocenters. The number of benzene rings is 2. The van der Waals surface area contributed by atoms with Crippen LogP contribution >= 0.6 is 11.8 Å². The van der Waals surface area contributed by atoms with E-state index in [1.54, 1.807) is 20.1 Å². The maximum Gasteiger partial charge on any atom is 0.416 e. The first-order chi connectivity index (χ1) is 14.9. The Balaban J connectivity index is 1.56. The fourth-order valence-electron chi connectivity index (χ4n) is 2.77. The summed E-state index contributed by atoms with van der Waals surface area (Å²) in [7, 11) is 1.55. The zero-order valence-electron chi connectivity index (χ0n) is 16.2. The van der Waals surface area contributed by atoms with Crippen molar-refractivity contribution in [3.8, 4) is 22.8 Å². The molecule has 2 aromatic heterocycles. The molecular formula is C19H15F3N6O2S. The summed E-state index contributed by atoms with van der Waals surface area (Å²) < 4.78 is 51.0. The second-order valence-corrected chi connectivity index (χ2v) is 7.65. The maximum absolute atomic E-state index is 13.0. The van der Waals surface area contributed by atoms with Crippen molar-refractivity contribution < 1.29 is 22.4 Å². The Morgan fingerprint density at radius 2 is 1.94 bits per heavy atom. The van der Waals surface area contributed by atoms with Gasteiger partial charge in [-0.25, -0.2) is 0 Å². The highest BCUT2D eigenvalue weighted by Gasteiger charge is 2.31. The first-order valence-corrected chi connectivity index (χ1v) is 9.84. The highest BCUT2D eigenvalue weighted by atomic mass is 32.2. The highest BCUT2D eigenvalue weighted by Crippen LogP contribution is 2.36. The van der Waals surface area contributed by atoms with Gasteiger partial charge in [0.2, 0.25) is 16.9 Å². The van der Waals surface area contributed by atoms with Crippen LogP contribution in [0.4, 0.5) is 13.2 Å². The lowest BCUT2D eigenvalue weighted by molar-refractivity contribution is -0.137. The Labute approximate surface area is 178 Å². The van der Waals surface area contributed by atoms with Gasteiger partial charge < -0.3 is 9.26 Å². The average molecular weight is 448 g/mol. The van der Waals surface area contributed by atoms with Gasteiger partial charge in [-0.3, -0.25) is 0 Å². The van der Waals surface area contributed by atoms with Crippen molar-refractivity contribution in [2.45, 2.75) is 23.5 Å². The van der Waals surface area contributed by atoms with Gasteiger partial charge in [-0.15, -0.1) is 5.10 Å². The number of aromatic nitrogens is 6. The summed E-state index contributed by atoms with van der Waals surface area (Å²) in [5, 5.41) is 15.7. The number of para-hydroxylation sites is 2.